The van der Waals surface area contributed by atoms with Gasteiger partial charge >= 0.3 is 0 Å². The molecule has 0 saturated carbocycles. The molecule has 0 bridgehead atoms. The van der Waals surface area contributed by atoms with Gasteiger partial charge in [-0.1, -0.05) is 0 Å². The maximum Gasteiger partial charge on any atom is 0.238 e. The van der Waals surface area contributed by atoms with Gasteiger partial charge in [-0.3, -0.25) is 9.69 Å². The summed E-state index contributed by atoms with van der Waals surface area (Å²) in [6.45, 7) is 4.76. The number of hydrogen-bond donors (Lipinski definition) is 2. The highest BCUT2D eigenvalue weighted by Gasteiger charge is 2.28. The summed E-state index contributed by atoms with van der Waals surface area (Å²) >= 11 is 0. The lowest BCUT2D eigenvalue weighted by molar-refractivity contribution is -0.127. The van der Waals surface area contributed by atoms with Crippen LogP contribution in [-0.4, -0.2) is 43.0 Å². The molecule has 1 aromatic carbocycles. The van der Waals surface area contributed by atoms with Gasteiger partial charge in [0, 0.05) is 38.8 Å². The summed E-state index contributed by atoms with van der Waals surface area (Å²) in [4.78, 5) is 13.9. The summed E-state index contributed by atoms with van der Waals surface area (Å²) in [5, 5.41) is 5.95. The molecule has 1 aliphatic rings. The molecule has 110 valence electrons. The molecular weight excluding hydrogens is 264 g/mol. The molecule has 1 atom stereocenters. The molecule has 6 heteroatoms. The Balaban J connectivity index is 2.10. The van der Waals surface area contributed by atoms with Crippen LogP contribution in [0.5, 0.6) is 0 Å². The second-order valence-corrected chi connectivity index (χ2v) is 4.86. The van der Waals surface area contributed by atoms with E-state index in [0.29, 0.717) is 31.7 Å². The highest BCUT2D eigenvalue weighted by atomic mass is 19.1. The summed E-state index contributed by atoms with van der Waals surface area (Å²) in [6.07, 6.45) is 0. The van der Waals surface area contributed by atoms with Crippen LogP contribution < -0.4 is 10.6 Å². The number of carbonyl (C=O) groups is 1. The van der Waals surface area contributed by atoms with Crippen LogP contribution in [0.3, 0.4) is 0 Å². The van der Waals surface area contributed by atoms with Crippen molar-refractivity contribution < 1.29 is 13.6 Å². The minimum absolute atomic E-state index is 0.0587. The van der Waals surface area contributed by atoms with Gasteiger partial charge in [0.1, 0.15) is 17.7 Å². The van der Waals surface area contributed by atoms with Crippen LogP contribution in [0.15, 0.2) is 18.2 Å². The first kappa shape index (κ1) is 14.9. The molecule has 2 rings (SSSR count). The van der Waals surface area contributed by atoms with Crippen molar-refractivity contribution in [2.24, 2.45) is 0 Å². The molecule has 1 aliphatic heterocycles. The quantitative estimate of drug-likeness (QED) is 0.862. The van der Waals surface area contributed by atoms with Crippen LogP contribution in [0.25, 0.3) is 0 Å². The summed E-state index contributed by atoms with van der Waals surface area (Å²) in [6, 6.07) is 3.15. The second kappa shape index (κ2) is 6.76. The van der Waals surface area contributed by atoms with Crippen LogP contribution in [0, 0.1) is 11.6 Å². The average Bonchev–Trinajstić information content (AvgIpc) is 2.38. The van der Waals surface area contributed by atoms with Crippen LogP contribution in [0.2, 0.25) is 0 Å². The van der Waals surface area contributed by atoms with E-state index in [0.717, 1.165) is 12.6 Å². The minimum atomic E-state index is -0.593. The Morgan fingerprint density at radius 3 is 2.75 bits per heavy atom. The number of nitrogens with zero attached hydrogens (tertiary/aromatic N) is 1. The number of hydrogen-bond acceptors (Lipinski definition) is 3. The zero-order valence-corrected chi connectivity index (χ0v) is 11.5. The van der Waals surface area contributed by atoms with E-state index in [1.807, 2.05) is 11.8 Å². The van der Waals surface area contributed by atoms with Gasteiger partial charge in [-0.25, -0.2) is 8.78 Å². The van der Waals surface area contributed by atoms with Crippen molar-refractivity contribution in [3.63, 3.8) is 0 Å². The van der Waals surface area contributed by atoms with Crippen molar-refractivity contribution in [1.82, 2.24) is 15.5 Å². The maximum atomic E-state index is 13.2. The third kappa shape index (κ3) is 3.74. The Kier molecular flexibility index (Phi) is 5.03. The van der Waals surface area contributed by atoms with Crippen molar-refractivity contribution in [3.8, 4) is 0 Å². The maximum absolute atomic E-state index is 13.2. The lowest BCUT2D eigenvalue weighted by Gasteiger charge is -2.35. The Morgan fingerprint density at radius 2 is 2.10 bits per heavy atom. The molecule has 2 N–H and O–H groups in total. The first-order valence-electron chi connectivity index (χ1n) is 6.77. The highest BCUT2D eigenvalue weighted by molar-refractivity contribution is 5.82. The monoisotopic (exact) mass is 283 g/mol. The number of nitrogens with one attached hydrogen (secondary N) is 2. The summed E-state index contributed by atoms with van der Waals surface area (Å²) in [5.74, 6) is -1.24. The molecule has 1 heterocycles. The average molecular weight is 283 g/mol. The predicted octanol–water partition coefficient (Wildman–Crippen LogP) is 0.875. The van der Waals surface area contributed by atoms with Gasteiger partial charge in [-0.05, 0) is 24.6 Å². The van der Waals surface area contributed by atoms with Crippen LogP contribution >= 0.6 is 0 Å². The van der Waals surface area contributed by atoms with Crippen molar-refractivity contribution >= 4 is 5.91 Å². The summed E-state index contributed by atoms with van der Waals surface area (Å²) in [5.41, 5.74) is 0.540. The number of benzene rings is 1. The molecule has 1 unspecified atom stereocenters. The Bertz CT molecular complexity index is 461. The number of piperazine rings is 1. The number of rotatable bonds is 4. The van der Waals surface area contributed by atoms with E-state index in [4.69, 9.17) is 0 Å². The highest BCUT2D eigenvalue weighted by Crippen LogP contribution is 2.14. The number of amides is 1. The first-order valence-corrected chi connectivity index (χ1v) is 6.77. The third-order valence-corrected chi connectivity index (χ3v) is 3.32. The van der Waals surface area contributed by atoms with E-state index in [1.54, 1.807) is 0 Å². The van der Waals surface area contributed by atoms with E-state index >= 15 is 0 Å². The molecule has 20 heavy (non-hydrogen) atoms. The smallest absolute Gasteiger partial charge is 0.238 e. The number of likely N-dealkylation sites (N-methyl/N-ethyl adjacent to an activating group) is 1. The molecule has 0 spiro atoms. The van der Waals surface area contributed by atoms with Gasteiger partial charge in [-0.2, -0.15) is 0 Å². The lowest BCUT2D eigenvalue weighted by Crippen LogP contribution is -2.57. The molecule has 0 radical (unpaired) electrons. The van der Waals surface area contributed by atoms with Crippen molar-refractivity contribution in [2.45, 2.75) is 19.5 Å². The summed E-state index contributed by atoms with van der Waals surface area (Å²) < 4.78 is 26.4. The van der Waals surface area contributed by atoms with E-state index in [-0.39, 0.29) is 11.9 Å². The van der Waals surface area contributed by atoms with Crippen LogP contribution in [0.4, 0.5) is 8.78 Å². The zero-order valence-electron chi connectivity index (χ0n) is 11.5. The second-order valence-electron chi connectivity index (χ2n) is 4.86. The van der Waals surface area contributed by atoms with Gasteiger partial charge in [0.2, 0.25) is 5.91 Å². The van der Waals surface area contributed by atoms with Gasteiger partial charge < -0.3 is 10.6 Å². The van der Waals surface area contributed by atoms with E-state index in [9.17, 15) is 13.6 Å². The van der Waals surface area contributed by atoms with Crippen molar-refractivity contribution in [3.05, 3.63) is 35.4 Å². The van der Waals surface area contributed by atoms with E-state index < -0.39 is 11.6 Å². The number of halogens is 2. The molecule has 0 aliphatic carbocycles. The van der Waals surface area contributed by atoms with Crippen molar-refractivity contribution in [2.75, 3.05) is 26.2 Å². The molecule has 1 aromatic rings. The minimum Gasteiger partial charge on any atom is -0.355 e. The predicted molar refractivity (Wildman–Crippen MR) is 72.1 cm³/mol. The first-order chi connectivity index (χ1) is 9.60. The molecule has 1 amide bonds. The molecule has 4 nitrogen and oxygen atoms in total. The van der Waals surface area contributed by atoms with E-state index in [1.165, 1.54) is 12.1 Å². The van der Waals surface area contributed by atoms with E-state index in [2.05, 4.69) is 10.6 Å². The third-order valence-electron chi connectivity index (χ3n) is 3.32. The standard InChI is InChI=1S/C14H19F2N3O/c1-2-18-14(20)13-8-17-3-4-19(13)9-10-5-11(15)7-12(16)6-10/h5-7,13,17H,2-4,8-9H2,1H3,(H,18,20). The molecule has 1 fully saturated rings. The zero-order chi connectivity index (χ0) is 14.5. The van der Waals surface area contributed by atoms with Crippen molar-refractivity contribution in [1.29, 1.82) is 0 Å². The van der Waals surface area contributed by atoms with Gasteiger partial charge in [0.25, 0.3) is 0 Å². The van der Waals surface area contributed by atoms with Gasteiger partial charge in [0.15, 0.2) is 0 Å². The Hall–Kier alpha value is -1.53. The lowest BCUT2D eigenvalue weighted by atomic mass is 10.1. The topological polar surface area (TPSA) is 44.4 Å². The fourth-order valence-electron chi connectivity index (χ4n) is 2.42. The SMILES string of the molecule is CCNC(=O)C1CNCCN1Cc1cc(F)cc(F)c1. The Morgan fingerprint density at radius 1 is 1.40 bits per heavy atom. The fraction of sp³-hybridized carbons (Fsp3) is 0.500. The summed E-state index contributed by atoms with van der Waals surface area (Å²) in [7, 11) is 0. The van der Waals surface area contributed by atoms with Crippen LogP contribution in [0.1, 0.15) is 12.5 Å². The fourth-order valence-corrected chi connectivity index (χ4v) is 2.42. The molecule has 0 aromatic heterocycles. The molecule has 1 saturated heterocycles. The van der Waals surface area contributed by atoms with Gasteiger partial charge in [0.05, 0.1) is 0 Å². The Labute approximate surface area is 117 Å². The molecular formula is C14H19F2N3O. The number of carbonyl (C=O) groups excluding carboxylic acids is 1. The largest absolute Gasteiger partial charge is 0.355 e. The van der Waals surface area contributed by atoms with Crippen LogP contribution in [-0.2, 0) is 11.3 Å². The normalized spacial score (nSPS) is 19.9. The van der Waals surface area contributed by atoms with Gasteiger partial charge in [-0.15, -0.1) is 0 Å².